The average Bonchev–Trinajstić information content (AvgIpc) is 3.29. The minimum absolute atomic E-state index is 0.0616. The third-order valence-corrected chi connectivity index (χ3v) is 6.59. The highest BCUT2D eigenvalue weighted by Gasteiger charge is 2.31. The second kappa shape index (κ2) is 9.32. The van der Waals surface area contributed by atoms with Gasteiger partial charge in [-0.2, -0.15) is 0 Å². The van der Waals surface area contributed by atoms with Crippen LogP contribution in [0.15, 0.2) is 58.5 Å². The number of nitrogens with zero attached hydrogens (tertiary/aromatic N) is 3. The Balaban J connectivity index is 1.81. The lowest BCUT2D eigenvalue weighted by atomic mass is 9.88. The van der Waals surface area contributed by atoms with E-state index in [2.05, 4.69) is 97.9 Å². The first-order chi connectivity index (χ1) is 16.1. The number of hydrogen-bond donors (Lipinski definition) is 0. The molecule has 2 aromatic carbocycles. The van der Waals surface area contributed by atoms with E-state index >= 15 is 0 Å². The maximum atomic E-state index is 6.05. The van der Waals surface area contributed by atoms with Crippen LogP contribution in [0.3, 0.4) is 0 Å². The molecular formula is C30H37N3O. The van der Waals surface area contributed by atoms with Crippen LogP contribution in [0.1, 0.15) is 89.6 Å². The smallest absolute Gasteiger partial charge is 0.218 e. The molecule has 3 aromatic rings. The van der Waals surface area contributed by atoms with Gasteiger partial charge in [-0.05, 0) is 47.4 Å². The number of hydrogen-bond acceptors (Lipinski definition) is 4. The Morgan fingerprint density at radius 2 is 1.59 bits per heavy atom. The number of aliphatic imine (C=N–C) groups is 2. The SMILES string of the molecule is CC(=Nc1c(C(C)C)cccc1C(C)C)c1ccc2cccc(C3=N[C@@H](C(C)(C)C)CO3)c2n1. The predicted octanol–water partition coefficient (Wildman–Crippen LogP) is 7.81. The van der Waals surface area contributed by atoms with Gasteiger partial charge in [-0.25, -0.2) is 9.98 Å². The molecule has 0 bridgehead atoms. The fourth-order valence-electron chi connectivity index (χ4n) is 4.35. The van der Waals surface area contributed by atoms with Crippen molar-refractivity contribution in [2.75, 3.05) is 6.61 Å². The molecule has 0 unspecified atom stereocenters. The van der Waals surface area contributed by atoms with E-state index < -0.39 is 0 Å². The third-order valence-electron chi connectivity index (χ3n) is 6.59. The zero-order valence-corrected chi connectivity index (χ0v) is 21.8. The standard InChI is InChI=1S/C30H37N3O/c1-18(2)22-12-10-13-23(19(3)4)28(22)31-20(5)25-16-15-21-11-9-14-24(27(21)32-25)29-33-26(17-34-29)30(6,7)8/h9-16,18-19,26H,17H2,1-8H3/t26-/m1/s1. The van der Waals surface area contributed by atoms with Crippen molar-refractivity contribution in [3.63, 3.8) is 0 Å². The van der Waals surface area contributed by atoms with Crippen LogP contribution in [0, 0.1) is 5.41 Å². The van der Waals surface area contributed by atoms with E-state index in [1.54, 1.807) is 0 Å². The normalized spacial score (nSPS) is 16.9. The summed E-state index contributed by atoms with van der Waals surface area (Å²) >= 11 is 0. The molecule has 1 aromatic heterocycles. The summed E-state index contributed by atoms with van der Waals surface area (Å²) in [6.07, 6.45) is 0. The van der Waals surface area contributed by atoms with Gasteiger partial charge in [-0.1, -0.05) is 84.9 Å². The largest absolute Gasteiger partial charge is 0.475 e. The van der Waals surface area contributed by atoms with Crippen LogP contribution in [-0.4, -0.2) is 29.2 Å². The van der Waals surface area contributed by atoms with E-state index in [-0.39, 0.29) is 11.5 Å². The van der Waals surface area contributed by atoms with E-state index in [0.29, 0.717) is 24.3 Å². The molecule has 4 rings (SSSR count). The number of aromatic nitrogens is 1. The van der Waals surface area contributed by atoms with Crippen molar-refractivity contribution >= 4 is 28.2 Å². The molecule has 0 radical (unpaired) electrons. The van der Waals surface area contributed by atoms with Crippen LogP contribution in [-0.2, 0) is 4.74 Å². The highest BCUT2D eigenvalue weighted by molar-refractivity contribution is 6.08. The summed E-state index contributed by atoms with van der Waals surface area (Å²) in [4.78, 5) is 15.1. The Labute approximate surface area is 204 Å². The van der Waals surface area contributed by atoms with E-state index in [4.69, 9.17) is 19.7 Å². The molecule has 0 amide bonds. The zero-order chi connectivity index (χ0) is 24.6. The summed E-state index contributed by atoms with van der Waals surface area (Å²) in [6.45, 7) is 18.2. The molecule has 2 heterocycles. The highest BCUT2D eigenvalue weighted by atomic mass is 16.5. The molecule has 0 saturated carbocycles. The second-order valence-electron chi connectivity index (χ2n) is 11.0. The predicted molar refractivity (Wildman–Crippen MR) is 144 cm³/mol. The Morgan fingerprint density at radius 1 is 0.941 bits per heavy atom. The molecular weight excluding hydrogens is 418 g/mol. The van der Waals surface area contributed by atoms with Crippen LogP contribution in [0.25, 0.3) is 10.9 Å². The molecule has 4 heteroatoms. The van der Waals surface area contributed by atoms with Crippen LogP contribution in [0.5, 0.6) is 0 Å². The van der Waals surface area contributed by atoms with Gasteiger partial charge in [0.25, 0.3) is 0 Å². The summed E-state index contributed by atoms with van der Waals surface area (Å²) in [5, 5.41) is 1.07. The van der Waals surface area contributed by atoms with Gasteiger partial charge >= 0.3 is 0 Å². The average molecular weight is 456 g/mol. The fourth-order valence-corrected chi connectivity index (χ4v) is 4.35. The van der Waals surface area contributed by atoms with Crippen molar-refractivity contribution in [1.82, 2.24) is 4.98 Å². The number of fused-ring (bicyclic) bond motifs is 1. The van der Waals surface area contributed by atoms with E-state index in [9.17, 15) is 0 Å². The van der Waals surface area contributed by atoms with Crippen LogP contribution in [0.2, 0.25) is 0 Å². The van der Waals surface area contributed by atoms with Gasteiger partial charge in [0.1, 0.15) is 6.61 Å². The lowest BCUT2D eigenvalue weighted by Crippen LogP contribution is -2.25. The van der Waals surface area contributed by atoms with Gasteiger partial charge in [0.2, 0.25) is 5.90 Å². The molecule has 1 aliphatic heterocycles. The van der Waals surface area contributed by atoms with Crippen molar-refractivity contribution in [2.45, 2.75) is 73.3 Å². The number of ether oxygens (including phenoxy) is 1. The number of para-hydroxylation sites is 2. The summed E-state index contributed by atoms with van der Waals surface area (Å²) in [6, 6.07) is 17.0. The van der Waals surface area contributed by atoms with Gasteiger partial charge in [0, 0.05) is 5.39 Å². The summed E-state index contributed by atoms with van der Waals surface area (Å²) in [7, 11) is 0. The Kier molecular flexibility index (Phi) is 6.62. The Bertz CT molecular complexity index is 1240. The van der Waals surface area contributed by atoms with Gasteiger partial charge in [0.15, 0.2) is 0 Å². The van der Waals surface area contributed by atoms with Gasteiger partial charge in [0.05, 0.1) is 34.2 Å². The second-order valence-corrected chi connectivity index (χ2v) is 11.0. The first-order valence-electron chi connectivity index (χ1n) is 12.4. The highest BCUT2D eigenvalue weighted by Crippen LogP contribution is 2.35. The first kappa shape index (κ1) is 24.1. The molecule has 0 N–H and O–H groups in total. The summed E-state index contributed by atoms with van der Waals surface area (Å²) < 4.78 is 6.05. The fraction of sp³-hybridized carbons (Fsp3) is 0.433. The van der Waals surface area contributed by atoms with Gasteiger partial charge < -0.3 is 4.74 Å². The zero-order valence-electron chi connectivity index (χ0n) is 21.8. The number of benzene rings is 2. The summed E-state index contributed by atoms with van der Waals surface area (Å²) in [5.74, 6) is 1.49. The third kappa shape index (κ3) is 4.77. The van der Waals surface area contributed by atoms with E-state index in [1.807, 2.05) is 6.07 Å². The van der Waals surface area contributed by atoms with Gasteiger partial charge in [-0.3, -0.25) is 4.99 Å². The topological polar surface area (TPSA) is 46.8 Å². The molecule has 0 saturated heterocycles. The molecule has 1 atom stereocenters. The van der Waals surface area contributed by atoms with Crippen molar-refractivity contribution in [2.24, 2.45) is 15.4 Å². The molecule has 4 nitrogen and oxygen atoms in total. The minimum Gasteiger partial charge on any atom is -0.475 e. The number of rotatable bonds is 5. The monoisotopic (exact) mass is 455 g/mol. The van der Waals surface area contributed by atoms with Crippen molar-refractivity contribution in [1.29, 1.82) is 0 Å². The number of pyridine rings is 1. The van der Waals surface area contributed by atoms with Crippen LogP contribution in [0.4, 0.5) is 5.69 Å². The Morgan fingerprint density at radius 3 is 2.18 bits per heavy atom. The lowest BCUT2D eigenvalue weighted by molar-refractivity contribution is 0.236. The molecule has 34 heavy (non-hydrogen) atoms. The van der Waals surface area contributed by atoms with Crippen LogP contribution < -0.4 is 0 Å². The molecule has 178 valence electrons. The molecule has 1 aliphatic rings. The quantitative estimate of drug-likeness (QED) is 0.368. The van der Waals surface area contributed by atoms with Crippen molar-refractivity contribution in [3.8, 4) is 0 Å². The van der Waals surface area contributed by atoms with Crippen molar-refractivity contribution < 1.29 is 4.74 Å². The molecule has 0 fully saturated rings. The minimum atomic E-state index is 0.0616. The van der Waals surface area contributed by atoms with Crippen molar-refractivity contribution in [3.05, 3.63) is 70.9 Å². The molecule has 0 aliphatic carbocycles. The van der Waals surface area contributed by atoms with Crippen LogP contribution >= 0.6 is 0 Å². The van der Waals surface area contributed by atoms with E-state index in [1.165, 1.54) is 11.1 Å². The maximum absolute atomic E-state index is 6.05. The molecule has 0 spiro atoms. The lowest BCUT2D eigenvalue weighted by Gasteiger charge is -2.21. The van der Waals surface area contributed by atoms with E-state index in [0.717, 1.165) is 33.6 Å². The Hall–Kier alpha value is -3.01. The first-order valence-corrected chi connectivity index (χ1v) is 12.4. The summed E-state index contributed by atoms with van der Waals surface area (Å²) in [5.41, 5.74) is 7.33. The maximum Gasteiger partial charge on any atom is 0.218 e. The van der Waals surface area contributed by atoms with Gasteiger partial charge in [-0.15, -0.1) is 0 Å².